The second kappa shape index (κ2) is 5.42. The third-order valence-corrected chi connectivity index (χ3v) is 3.07. The van der Waals surface area contributed by atoms with Crippen LogP contribution in [0.3, 0.4) is 0 Å². The Morgan fingerprint density at radius 2 is 2.17 bits per heavy atom. The topological polar surface area (TPSA) is 51.8 Å². The van der Waals surface area contributed by atoms with Crippen LogP contribution in [-0.2, 0) is 6.42 Å². The largest absolute Gasteiger partial charge is 0.322 e. The normalized spacial score (nSPS) is 12.4. The molecule has 0 bridgehead atoms. The van der Waals surface area contributed by atoms with E-state index < -0.39 is 5.82 Å². The Balaban J connectivity index is 2.21. The summed E-state index contributed by atoms with van der Waals surface area (Å²) in [6, 6.07) is 6.14. The number of nitrogens with two attached hydrogens (primary N) is 1. The van der Waals surface area contributed by atoms with Crippen molar-refractivity contribution in [3.05, 3.63) is 58.4 Å². The fourth-order valence-corrected chi connectivity index (χ4v) is 1.93. The zero-order valence-electron chi connectivity index (χ0n) is 9.90. The Labute approximate surface area is 110 Å². The molecular weight excluding hydrogens is 253 g/mol. The van der Waals surface area contributed by atoms with Crippen LogP contribution in [0.2, 0.25) is 5.02 Å². The molecule has 1 atom stereocenters. The van der Waals surface area contributed by atoms with Crippen LogP contribution < -0.4 is 5.73 Å². The first kappa shape index (κ1) is 12.9. The first-order valence-corrected chi connectivity index (χ1v) is 5.93. The van der Waals surface area contributed by atoms with Gasteiger partial charge in [-0.2, -0.15) is 0 Å². The zero-order valence-corrected chi connectivity index (χ0v) is 10.7. The van der Waals surface area contributed by atoms with Gasteiger partial charge in [0.25, 0.3) is 0 Å². The molecule has 0 radical (unpaired) electrons. The highest BCUT2D eigenvalue weighted by Crippen LogP contribution is 2.23. The quantitative estimate of drug-likeness (QED) is 0.928. The molecule has 0 fully saturated rings. The van der Waals surface area contributed by atoms with E-state index in [1.807, 2.05) is 0 Å². The summed E-state index contributed by atoms with van der Waals surface area (Å²) in [5.41, 5.74) is 7.45. The van der Waals surface area contributed by atoms with Crippen molar-refractivity contribution in [3.63, 3.8) is 0 Å². The Hall–Kier alpha value is -1.52. The van der Waals surface area contributed by atoms with Gasteiger partial charge >= 0.3 is 0 Å². The maximum absolute atomic E-state index is 13.3. The van der Waals surface area contributed by atoms with Crippen LogP contribution in [0.25, 0.3) is 0 Å². The van der Waals surface area contributed by atoms with Crippen LogP contribution in [0.5, 0.6) is 0 Å². The zero-order chi connectivity index (χ0) is 13.1. The molecular formula is C13H13ClFN3. The van der Waals surface area contributed by atoms with Gasteiger partial charge in [0.15, 0.2) is 0 Å². The number of hydrogen-bond acceptors (Lipinski definition) is 3. The van der Waals surface area contributed by atoms with Crippen LogP contribution in [0.1, 0.15) is 23.1 Å². The molecule has 0 aliphatic heterocycles. The summed E-state index contributed by atoms with van der Waals surface area (Å²) in [5, 5.41) is 0.124. The molecule has 1 unspecified atom stereocenters. The monoisotopic (exact) mass is 265 g/mol. The lowest BCUT2D eigenvalue weighted by Gasteiger charge is -2.12. The Bertz CT molecular complexity index is 560. The number of hydrogen-bond donors (Lipinski definition) is 1. The van der Waals surface area contributed by atoms with Crippen molar-refractivity contribution in [2.45, 2.75) is 19.4 Å². The first-order chi connectivity index (χ1) is 8.58. The van der Waals surface area contributed by atoms with E-state index in [-0.39, 0.29) is 11.1 Å². The predicted molar refractivity (Wildman–Crippen MR) is 68.8 cm³/mol. The smallest absolute Gasteiger partial charge is 0.142 e. The first-order valence-electron chi connectivity index (χ1n) is 5.56. The Kier molecular flexibility index (Phi) is 3.89. The van der Waals surface area contributed by atoms with Gasteiger partial charge in [0, 0.05) is 6.20 Å². The van der Waals surface area contributed by atoms with E-state index >= 15 is 0 Å². The number of nitrogens with zero attached hydrogens (tertiary/aromatic N) is 2. The minimum absolute atomic E-state index is 0.124. The van der Waals surface area contributed by atoms with Crippen molar-refractivity contribution in [2.24, 2.45) is 5.73 Å². The third kappa shape index (κ3) is 2.83. The van der Waals surface area contributed by atoms with E-state index in [1.54, 1.807) is 31.3 Å². The summed E-state index contributed by atoms with van der Waals surface area (Å²) in [7, 11) is 0. The molecule has 3 nitrogen and oxygen atoms in total. The molecule has 0 aliphatic carbocycles. The van der Waals surface area contributed by atoms with Gasteiger partial charge in [0.1, 0.15) is 11.6 Å². The molecule has 18 heavy (non-hydrogen) atoms. The molecule has 2 rings (SSSR count). The summed E-state index contributed by atoms with van der Waals surface area (Å²) in [5.74, 6) is 0.230. The maximum Gasteiger partial charge on any atom is 0.142 e. The Morgan fingerprint density at radius 3 is 2.89 bits per heavy atom. The molecule has 1 heterocycles. The van der Waals surface area contributed by atoms with Gasteiger partial charge in [-0.1, -0.05) is 23.7 Å². The van der Waals surface area contributed by atoms with E-state index in [0.717, 1.165) is 5.69 Å². The number of aromatic nitrogens is 2. The summed E-state index contributed by atoms with van der Waals surface area (Å²) in [6.45, 7) is 1.80. The van der Waals surface area contributed by atoms with E-state index in [9.17, 15) is 4.39 Å². The van der Waals surface area contributed by atoms with Crippen molar-refractivity contribution in [2.75, 3.05) is 0 Å². The van der Waals surface area contributed by atoms with Crippen molar-refractivity contribution < 1.29 is 4.39 Å². The summed E-state index contributed by atoms with van der Waals surface area (Å²) >= 11 is 5.89. The maximum atomic E-state index is 13.3. The van der Waals surface area contributed by atoms with E-state index in [2.05, 4.69) is 9.97 Å². The van der Waals surface area contributed by atoms with E-state index in [0.29, 0.717) is 17.8 Å². The van der Waals surface area contributed by atoms with E-state index in [4.69, 9.17) is 17.3 Å². The number of aryl methyl sites for hydroxylation is 1. The molecule has 1 aromatic carbocycles. The number of halogens is 2. The second-order valence-corrected chi connectivity index (χ2v) is 4.43. The summed E-state index contributed by atoms with van der Waals surface area (Å²) in [6.07, 6.45) is 2.09. The van der Waals surface area contributed by atoms with Crippen LogP contribution in [-0.4, -0.2) is 9.97 Å². The standard InChI is InChI=1S/C13H13ClFN3/c1-8-17-6-5-12(18-8)11(16)7-9-3-2-4-10(15)13(9)14/h2-6,11H,7,16H2,1H3. The highest BCUT2D eigenvalue weighted by Gasteiger charge is 2.13. The van der Waals surface area contributed by atoms with Crippen LogP contribution >= 0.6 is 11.6 Å². The van der Waals surface area contributed by atoms with Gasteiger partial charge in [-0.25, -0.2) is 14.4 Å². The molecule has 2 N–H and O–H groups in total. The highest BCUT2D eigenvalue weighted by molar-refractivity contribution is 6.31. The molecule has 0 amide bonds. The fourth-order valence-electron chi connectivity index (χ4n) is 1.73. The van der Waals surface area contributed by atoms with Gasteiger partial charge < -0.3 is 5.73 Å². The minimum atomic E-state index is -0.430. The van der Waals surface area contributed by atoms with Gasteiger partial charge in [0.2, 0.25) is 0 Å². The average Bonchev–Trinajstić information content (AvgIpc) is 2.35. The van der Waals surface area contributed by atoms with Crippen LogP contribution in [0.15, 0.2) is 30.5 Å². The molecule has 5 heteroatoms. The summed E-state index contributed by atoms with van der Waals surface area (Å²) in [4.78, 5) is 8.26. The number of benzene rings is 1. The lowest BCUT2D eigenvalue weighted by Crippen LogP contribution is -2.16. The molecule has 0 saturated carbocycles. The lowest BCUT2D eigenvalue weighted by atomic mass is 10.0. The van der Waals surface area contributed by atoms with Gasteiger partial charge in [-0.05, 0) is 31.0 Å². The van der Waals surface area contributed by atoms with Gasteiger partial charge in [-0.3, -0.25) is 0 Å². The lowest BCUT2D eigenvalue weighted by molar-refractivity contribution is 0.621. The van der Waals surface area contributed by atoms with Crippen LogP contribution in [0.4, 0.5) is 4.39 Å². The molecule has 94 valence electrons. The van der Waals surface area contributed by atoms with Gasteiger partial charge in [0.05, 0.1) is 16.8 Å². The second-order valence-electron chi connectivity index (χ2n) is 4.05. The molecule has 0 spiro atoms. The van der Waals surface area contributed by atoms with Crippen molar-refractivity contribution in [1.29, 1.82) is 0 Å². The van der Waals surface area contributed by atoms with Gasteiger partial charge in [-0.15, -0.1) is 0 Å². The average molecular weight is 266 g/mol. The minimum Gasteiger partial charge on any atom is -0.322 e. The predicted octanol–water partition coefficient (Wildman–Crippen LogP) is 2.82. The highest BCUT2D eigenvalue weighted by atomic mass is 35.5. The number of rotatable bonds is 3. The molecule has 2 aromatic rings. The van der Waals surface area contributed by atoms with Crippen molar-refractivity contribution in [3.8, 4) is 0 Å². The van der Waals surface area contributed by atoms with E-state index in [1.165, 1.54) is 6.07 Å². The Morgan fingerprint density at radius 1 is 1.39 bits per heavy atom. The SMILES string of the molecule is Cc1nccc(C(N)Cc2cccc(F)c2Cl)n1. The summed E-state index contributed by atoms with van der Waals surface area (Å²) < 4.78 is 13.3. The third-order valence-electron chi connectivity index (χ3n) is 2.65. The molecule has 1 aromatic heterocycles. The van der Waals surface area contributed by atoms with Crippen molar-refractivity contribution >= 4 is 11.6 Å². The van der Waals surface area contributed by atoms with Crippen LogP contribution in [0, 0.1) is 12.7 Å². The fraction of sp³-hybridized carbons (Fsp3) is 0.231. The molecule has 0 aliphatic rings. The van der Waals surface area contributed by atoms with Crippen molar-refractivity contribution in [1.82, 2.24) is 9.97 Å². The molecule has 0 saturated heterocycles.